The highest BCUT2D eigenvalue weighted by Crippen LogP contribution is 2.48. The van der Waals surface area contributed by atoms with Crippen LogP contribution in [-0.2, 0) is 10.3 Å². The van der Waals surface area contributed by atoms with Gasteiger partial charge in [0.15, 0.2) is 34.5 Å². The van der Waals surface area contributed by atoms with E-state index >= 15 is 0 Å². The molecule has 1 amide bonds. The van der Waals surface area contributed by atoms with E-state index in [-0.39, 0.29) is 5.96 Å². The number of hydrogen-bond donors (Lipinski definition) is 2. The standard InChI is InChI=1S/C21H25N3O7/c1-26-13-7-11(8-14(27-2)17(13)30-5)21(19(25)23-20(22)24-21)12-9-15(28-3)18(31-6)16(10-12)29-4/h7-10H,1-6H3,(H3,22,23,24,25). The molecule has 0 saturated heterocycles. The van der Waals surface area contributed by atoms with E-state index in [1.807, 2.05) is 0 Å². The fourth-order valence-corrected chi connectivity index (χ4v) is 3.60. The number of rotatable bonds is 8. The Kier molecular flexibility index (Phi) is 6.00. The maximum atomic E-state index is 13.3. The van der Waals surface area contributed by atoms with Gasteiger partial charge < -0.3 is 34.2 Å². The molecular weight excluding hydrogens is 406 g/mol. The van der Waals surface area contributed by atoms with Crippen LogP contribution in [0.3, 0.4) is 0 Å². The molecule has 0 saturated carbocycles. The zero-order valence-corrected chi connectivity index (χ0v) is 18.2. The molecule has 0 aliphatic carbocycles. The molecule has 0 bridgehead atoms. The number of ether oxygens (including phenoxy) is 6. The molecular formula is C21H25N3O7. The van der Waals surface area contributed by atoms with Crippen LogP contribution in [-0.4, -0.2) is 54.5 Å². The third-order valence-corrected chi connectivity index (χ3v) is 5.02. The molecule has 2 aromatic carbocycles. The van der Waals surface area contributed by atoms with Crippen LogP contribution in [0.25, 0.3) is 0 Å². The van der Waals surface area contributed by atoms with Crippen molar-refractivity contribution in [2.75, 3.05) is 42.7 Å². The number of nitrogens with one attached hydrogen (secondary N) is 1. The molecule has 0 fully saturated rings. The van der Waals surface area contributed by atoms with Crippen molar-refractivity contribution in [1.29, 1.82) is 0 Å². The predicted octanol–water partition coefficient (Wildman–Crippen LogP) is 1.43. The van der Waals surface area contributed by atoms with Gasteiger partial charge in [-0.1, -0.05) is 0 Å². The van der Waals surface area contributed by atoms with E-state index in [9.17, 15) is 4.79 Å². The SMILES string of the molecule is COc1cc(C2(c3cc(OC)c(OC)c(OC)c3)N=C(N)NC2=O)cc(OC)c1OC. The van der Waals surface area contributed by atoms with Crippen LogP contribution in [0.1, 0.15) is 11.1 Å². The first kappa shape index (κ1) is 21.9. The van der Waals surface area contributed by atoms with Crippen molar-refractivity contribution >= 4 is 11.9 Å². The van der Waals surface area contributed by atoms with Gasteiger partial charge in [-0.15, -0.1) is 0 Å². The molecule has 31 heavy (non-hydrogen) atoms. The molecule has 1 aliphatic rings. The van der Waals surface area contributed by atoms with Crippen LogP contribution in [0, 0.1) is 0 Å². The lowest BCUT2D eigenvalue weighted by atomic mass is 9.82. The lowest BCUT2D eigenvalue weighted by Gasteiger charge is -2.27. The van der Waals surface area contributed by atoms with Crippen LogP contribution in [0.2, 0.25) is 0 Å². The number of aliphatic imine (C=N–C) groups is 1. The molecule has 166 valence electrons. The number of benzene rings is 2. The third-order valence-electron chi connectivity index (χ3n) is 5.02. The summed E-state index contributed by atoms with van der Waals surface area (Å²) < 4.78 is 32.6. The number of guanidine groups is 1. The Labute approximate surface area is 179 Å². The van der Waals surface area contributed by atoms with E-state index in [1.165, 1.54) is 42.7 Å². The molecule has 0 radical (unpaired) electrons. The number of amides is 1. The Morgan fingerprint density at radius 2 is 1.06 bits per heavy atom. The number of methoxy groups -OCH3 is 6. The maximum absolute atomic E-state index is 13.3. The summed E-state index contributed by atoms with van der Waals surface area (Å²) in [6, 6.07) is 6.58. The summed E-state index contributed by atoms with van der Waals surface area (Å²) in [5.74, 6) is 1.69. The highest BCUT2D eigenvalue weighted by molar-refractivity contribution is 6.09. The first-order valence-corrected chi connectivity index (χ1v) is 9.17. The van der Waals surface area contributed by atoms with Gasteiger partial charge in [0.25, 0.3) is 5.91 Å². The van der Waals surface area contributed by atoms with Crippen molar-refractivity contribution in [1.82, 2.24) is 5.32 Å². The number of hydrogen-bond acceptors (Lipinski definition) is 9. The highest BCUT2D eigenvalue weighted by Gasteiger charge is 2.48. The van der Waals surface area contributed by atoms with Gasteiger partial charge in [0.1, 0.15) is 0 Å². The van der Waals surface area contributed by atoms with Crippen molar-refractivity contribution in [3.8, 4) is 34.5 Å². The van der Waals surface area contributed by atoms with Gasteiger partial charge >= 0.3 is 0 Å². The molecule has 3 rings (SSSR count). The molecule has 1 heterocycles. The second-order valence-corrected chi connectivity index (χ2v) is 6.49. The number of carbonyl (C=O) groups is 1. The van der Waals surface area contributed by atoms with Crippen molar-refractivity contribution < 1.29 is 33.2 Å². The van der Waals surface area contributed by atoms with Crippen molar-refractivity contribution in [2.24, 2.45) is 10.7 Å². The topological polar surface area (TPSA) is 123 Å². The minimum absolute atomic E-state index is 0.0347. The van der Waals surface area contributed by atoms with E-state index in [1.54, 1.807) is 24.3 Å². The molecule has 3 N–H and O–H groups in total. The van der Waals surface area contributed by atoms with Gasteiger partial charge in [0.2, 0.25) is 11.5 Å². The van der Waals surface area contributed by atoms with Gasteiger partial charge in [0.05, 0.1) is 42.7 Å². The Morgan fingerprint density at radius 3 is 1.29 bits per heavy atom. The lowest BCUT2D eigenvalue weighted by molar-refractivity contribution is -0.122. The Bertz CT molecular complexity index is 922. The zero-order valence-electron chi connectivity index (χ0n) is 18.2. The molecule has 0 aromatic heterocycles. The second kappa shape index (κ2) is 8.50. The van der Waals surface area contributed by atoms with E-state index in [0.717, 1.165) is 0 Å². The van der Waals surface area contributed by atoms with Gasteiger partial charge in [-0.3, -0.25) is 10.1 Å². The van der Waals surface area contributed by atoms with Crippen LogP contribution in [0.15, 0.2) is 29.3 Å². The molecule has 0 spiro atoms. The zero-order chi connectivity index (χ0) is 22.8. The van der Waals surface area contributed by atoms with Crippen LogP contribution < -0.4 is 39.5 Å². The fourth-order valence-electron chi connectivity index (χ4n) is 3.60. The van der Waals surface area contributed by atoms with Crippen molar-refractivity contribution in [3.05, 3.63) is 35.4 Å². The van der Waals surface area contributed by atoms with E-state index < -0.39 is 11.4 Å². The predicted molar refractivity (Wildman–Crippen MR) is 113 cm³/mol. The molecule has 10 nitrogen and oxygen atoms in total. The van der Waals surface area contributed by atoms with E-state index in [0.29, 0.717) is 45.6 Å². The first-order valence-electron chi connectivity index (χ1n) is 9.17. The monoisotopic (exact) mass is 431 g/mol. The lowest BCUT2D eigenvalue weighted by Crippen LogP contribution is -2.39. The van der Waals surface area contributed by atoms with Crippen molar-refractivity contribution in [3.63, 3.8) is 0 Å². The van der Waals surface area contributed by atoms with Gasteiger partial charge in [-0.25, -0.2) is 4.99 Å². The normalized spacial score (nSPS) is 14.4. The summed E-state index contributed by atoms with van der Waals surface area (Å²) in [5, 5.41) is 2.57. The summed E-state index contributed by atoms with van der Waals surface area (Å²) in [4.78, 5) is 17.8. The van der Waals surface area contributed by atoms with Gasteiger partial charge in [-0.05, 0) is 24.3 Å². The maximum Gasteiger partial charge on any atom is 0.263 e. The van der Waals surface area contributed by atoms with Crippen LogP contribution in [0.4, 0.5) is 0 Å². The average molecular weight is 431 g/mol. The molecule has 0 atom stereocenters. The largest absolute Gasteiger partial charge is 0.493 e. The Morgan fingerprint density at radius 1 is 0.710 bits per heavy atom. The number of nitrogens with zero attached hydrogens (tertiary/aromatic N) is 1. The third kappa shape index (κ3) is 3.39. The first-order chi connectivity index (χ1) is 14.9. The Balaban J connectivity index is 2.39. The molecule has 0 unspecified atom stereocenters. The van der Waals surface area contributed by atoms with Gasteiger partial charge in [0, 0.05) is 11.1 Å². The van der Waals surface area contributed by atoms with Crippen molar-refractivity contribution in [2.45, 2.75) is 5.54 Å². The van der Waals surface area contributed by atoms with E-state index in [4.69, 9.17) is 34.2 Å². The molecule has 10 heteroatoms. The number of carbonyl (C=O) groups excluding carboxylic acids is 1. The quantitative estimate of drug-likeness (QED) is 0.644. The smallest absolute Gasteiger partial charge is 0.263 e. The summed E-state index contributed by atoms with van der Waals surface area (Å²) in [7, 11) is 8.93. The van der Waals surface area contributed by atoms with Crippen LogP contribution >= 0.6 is 0 Å². The van der Waals surface area contributed by atoms with Gasteiger partial charge in [-0.2, -0.15) is 0 Å². The molecule has 1 aliphatic heterocycles. The van der Waals surface area contributed by atoms with E-state index in [2.05, 4.69) is 10.3 Å². The minimum atomic E-state index is -1.57. The number of nitrogens with two attached hydrogens (primary N) is 1. The summed E-state index contributed by atoms with van der Waals surface area (Å²) in [6.07, 6.45) is 0. The molecule has 2 aromatic rings. The second-order valence-electron chi connectivity index (χ2n) is 6.49. The summed E-state index contributed by atoms with van der Waals surface area (Å²) in [6.45, 7) is 0. The highest BCUT2D eigenvalue weighted by atomic mass is 16.5. The minimum Gasteiger partial charge on any atom is -0.493 e. The van der Waals surface area contributed by atoms with Crippen LogP contribution in [0.5, 0.6) is 34.5 Å². The fraction of sp³-hybridized carbons (Fsp3) is 0.333. The summed E-state index contributed by atoms with van der Waals surface area (Å²) in [5.41, 5.74) is 5.23. The Hall–Kier alpha value is -3.82. The summed E-state index contributed by atoms with van der Waals surface area (Å²) >= 11 is 0. The average Bonchev–Trinajstić information content (AvgIpc) is 3.11.